The van der Waals surface area contributed by atoms with E-state index in [1.165, 1.54) is 5.56 Å². The third kappa shape index (κ3) is 7.33. The Kier molecular flexibility index (Phi) is 10.3. The number of phenols is 1. The molecule has 0 aliphatic rings. The molecule has 5 nitrogen and oxygen atoms in total. The molecule has 3 aromatic carbocycles. The van der Waals surface area contributed by atoms with Gasteiger partial charge >= 0.3 is 0 Å². The van der Waals surface area contributed by atoms with Crippen molar-refractivity contribution < 1.29 is 19.7 Å². The zero-order chi connectivity index (χ0) is 25.8. The normalized spacial score (nSPS) is 12.3. The van der Waals surface area contributed by atoms with Gasteiger partial charge in [-0.1, -0.05) is 61.6 Å². The van der Waals surface area contributed by atoms with E-state index in [1.54, 1.807) is 24.3 Å². The summed E-state index contributed by atoms with van der Waals surface area (Å²) in [6.07, 6.45) is 10.3. The highest BCUT2D eigenvalue weighted by Crippen LogP contribution is 2.31. The van der Waals surface area contributed by atoms with Gasteiger partial charge in [0.1, 0.15) is 18.1 Å². The van der Waals surface area contributed by atoms with Gasteiger partial charge in [-0.25, -0.2) is 0 Å². The van der Waals surface area contributed by atoms with Gasteiger partial charge in [0.15, 0.2) is 0 Å². The number of aryl methyl sites for hydroxylation is 1. The van der Waals surface area contributed by atoms with Gasteiger partial charge in [0.05, 0.1) is 6.61 Å². The second-order valence-corrected chi connectivity index (χ2v) is 8.43. The number of amides is 1. The van der Waals surface area contributed by atoms with Gasteiger partial charge in [-0.3, -0.25) is 4.79 Å². The van der Waals surface area contributed by atoms with Crippen molar-refractivity contribution in [3.05, 3.63) is 94.4 Å². The lowest BCUT2D eigenvalue weighted by Gasteiger charge is -2.14. The first-order valence-electron chi connectivity index (χ1n) is 12.4. The highest BCUT2D eigenvalue weighted by molar-refractivity contribution is 5.96. The smallest absolute Gasteiger partial charge is 0.251 e. The van der Waals surface area contributed by atoms with Crippen LogP contribution in [0.2, 0.25) is 0 Å². The summed E-state index contributed by atoms with van der Waals surface area (Å²) in [5.74, 6) is 0.529. The number of carbonyl (C=O) groups is 1. The Morgan fingerprint density at radius 1 is 1.08 bits per heavy atom. The Labute approximate surface area is 213 Å². The number of ether oxygens (including phenoxy) is 1. The molecule has 0 spiro atoms. The molecule has 0 saturated heterocycles. The van der Waals surface area contributed by atoms with Crippen molar-refractivity contribution in [3.8, 4) is 22.6 Å². The van der Waals surface area contributed by atoms with Crippen LogP contribution in [0.25, 0.3) is 23.3 Å². The summed E-state index contributed by atoms with van der Waals surface area (Å²) in [6, 6.07) is 19.1. The van der Waals surface area contributed by atoms with E-state index in [0.29, 0.717) is 23.4 Å². The topological polar surface area (TPSA) is 78.8 Å². The SMILES string of the molecule is C\C=C/C=c1/cc(-c2cc(C(=O)NCCCc3ccccc3)ccc2OCCO)cc(O)/c1=C\CC. The van der Waals surface area contributed by atoms with Crippen molar-refractivity contribution in [1.29, 1.82) is 0 Å². The van der Waals surface area contributed by atoms with Gasteiger partial charge in [0.2, 0.25) is 0 Å². The average molecular weight is 486 g/mol. The fourth-order valence-electron chi connectivity index (χ4n) is 4.00. The van der Waals surface area contributed by atoms with Crippen LogP contribution in [0.5, 0.6) is 11.5 Å². The molecule has 0 fully saturated rings. The van der Waals surface area contributed by atoms with E-state index in [-0.39, 0.29) is 24.9 Å². The number of allylic oxidation sites excluding steroid dienone is 2. The van der Waals surface area contributed by atoms with Gasteiger partial charge in [-0.05, 0) is 72.9 Å². The lowest BCUT2D eigenvalue weighted by molar-refractivity contribution is 0.0953. The van der Waals surface area contributed by atoms with Crippen LogP contribution in [-0.2, 0) is 6.42 Å². The lowest BCUT2D eigenvalue weighted by atomic mass is 9.99. The molecule has 0 aromatic heterocycles. The first-order valence-corrected chi connectivity index (χ1v) is 12.4. The van der Waals surface area contributed by atoms with E-state index in [2.05, 4.69) is 17.4 Å². The molecule has 3 aromatic rings. The number of carbonyl (C=O) groups excluding carboxylic acids is 1. The Bertz CT molecular complexity index is 1300. The zero-order valence-corrected chi connectivity index (χ0v) is 21.0. The summed E-state index contributed by atoms with van der Waals surface area (Å²) in [7, 11) is 0. The van der Waals surface area contributed by atoms with Gasteiger partial charge < -0.3 is 20.3 Å². The Morgan fingerprint density at radius 2 is 1.89 bits per heavy atom. The molecule has 0 radical (unpaired) electrons. The van der Waals surface area contributed by atoms with Crippen molar-refractivity contribution in [2.45, 2.75) is 33.1 Å². The van der Waals surface area contributed by atoms with Crippen LogP contribution in [-0.4, -0.2) is 35.9 Å². The number of phenolic OH excluding ortho intramolecular Hbond substituents is 1. The van der Waals surface area contributed by atoms with Crippen molar-refractivity contribution in [1.82, 2.24) is 5.32 Å². The minimum Gasteiger partial charge on any atom is -0.507 e. The monoisotopic (exact) mass is 485 g/mol. The standard InChI is InChI=1S/C31H35NO4/c1-3-5-14-24-20-26(22-29(34)27(24)10-4-2)28-21-25(15-16-30(28)36-19-18-33)31(35)32-17-9-13-23-11-7-6-8-12-23/h3,5-8,10-12,14-16,20-22,33-34H,4,9,13,17-19H2,1-2H3,(H,32,35)/b5-3-,24-14-,27-10-. The molecule has 0 unspecified atom stereocenters. The van der Waals surface area contributed by atoms with Crippen molar-refractivity contribution in [3.63, 3.8) is 0 Å². The predicted octanol–water partition coefficient (Wildman–Crippen LogP) is 4.34. The maximum Gasteiger partial charge on any atom is 0.251 e. The second-order valence-electron chi connectivity index (χ2n) is 8.43. The van der Waals surface area contributed by atoms with E-state index in [9.17, 15) is 15.0 Å². The van der Waals surface area contributed by atoms with Gasteiger partial charge in [-0.15, -0.1) is 0 Å². The van der Waals surface area contributed by atoms with Crippen molar-refractivity contribution >= 4 is 18.1 Å². The fraction of sp³-hybridized carbons (Fsp3) is 0.258. The maximum absolute atomic E-state index is 12.9. The fourth-order valence-corrected chi connectivity index (χ4v) is 4.00. The maximum atomic E-state index is 12.9. The van der Waals surface area contributed by atoms with Crippen molar-refractivity contribution in [2.24, 2.45) is 0 Å². The molecule has 0 heterocycles. The Balaban J connectivity index is 1.91. The summed E-state index contributed by atoms with van der Waals surface area (Å²) in [4.78, 5) is 12.9. The molecule has 5 heteroatoms. The number of hydrogen-bond donors (Lipinski definition) is 3. The molecule has 0 saturated carbocycles. The number of aliphatic hydroxyl groups excluding tert-OH is 1. The van der Waals surface area contributed by atoms with E-state index in [0.717, 1.165) is 35.3 Å². The second kappa shape index (κ2) is 13.9. The van der Waals surface area contributed by atoms with E-state index in [4.69, 9.17) is 4.74 Å². The summed E-state index contributed by atoms with van der Waals surface area (Å²) in [5.41, 5.74) is 3.15. The first-order chi connectivity index (χ1) is 17.6. The molecule has 0 bridgehead atoms. The largest absolute Gasteiger partial charge is 0.507 e. The molecule has 36 heavy (non-hydrogen) atoms. The average Bonchev–Trinajstić information content (AvgIpc) is 2.90. The third-order valence-electron chi connectivity index (χ3n) is 5.74. The minimum atomic E-state index is -0.168. The summed E-state index contributed by atoms with van der Waals surface area (Å²) in [6.45, 7) is 4.53. The molecule has 0 aliphatic heterocycles. The van der Waals surface area contributed by atoms with Crippen molar-refractivity contribution in [2.75, 3.05) is 19.8 Å². The van der Waals surface area contributed by atoms with Crippen LogP contribution in [0.15, 0.2) is 72.8 Å². The Morgan fingerprint density at radius 3 is 2.61 bits per heavy atom. The number of aliphatic hydroxyl groups is 1. The number of hydrogen-bond acceptors (Lipinski definition) is 4. The molecule has 3 rings (SSSR count). The number of benzene rings is 3. The Hall–Kier alpha value is -3.83. The van der Waals surface area contributed by atoms with E-state index < -0.39 is 0 Å². The quantitative estimate of drug-likeness (QED) is 0.353. The number of aromatic hydroxyl groups is 1. The highest BCUT2D eigenvalue weighted by Gasteiger charge is 2.14. The molecule has 3 N–H and O–H groups in total. The molecule has 0 aliphatic carbocycles. The zero-order valence-electron chi connectivity index (χ0n) is 21.0. The van der Waals surface area contributed by atoms with Crippen LogP contribution >= 0.6 is 0 Å². The van der Waals surface area contributed by atoms with Gasteiger partial charge in [0.25, 0.3) is 5.91 Å². The highest BCUT2D eigenvalue weighted by atomic mass is 16.5. The van der Waals surface area contributed by atoms with E-state index >= 15 is 0 Å². The van der Waals surface area contributed by atoms with Crippen LogP contribution < -0.4 is 20.5 Å². The molecule has 0 atom stereocenters. The van der Waals surface area contributed by atoms with Crippen LogP contribution in [0.1, 0.15) is 42.6 Å². The minimum absolute atomic E-state index is 0.126. The molecular formula is C31H35NO4. The van der Waals surface area contributed by atoms with Crippen LogP contribution in [0.4, 0.5) is 0 Å². The van der Waals surface area contributed by atoms with Crippen LogP contribution in [0, 0.1) is 0 Å². The lowest BCUT2D eigenvalue weighted by Crippen LogP contribution is -2.25. The van der Waals surface area contributed by atoms with Gasteiger partial charge in [0, 0.05) is 22.9 Å². The molecular weight excluding hydrogens is 450 g/mol. The third-order valence-corrected chi connectivity index (χ3v) is 5.74. The summed E-state index contributed by atoms with van der Waals surface area (Å²) in [5, 5.41) is 24.7. The summed E-state index contributed by atoms with van der Waals surface area (Å²) < 4.78 is 5.77. The number of rotatable bonds is 11. The molecule has 188 valence electrons. The summed E-state index contributed by atoms with van der Waals surface area (Å²) >= 11 is 0. The predicted molar refractivity (Wildman–Crippen MR) is 147 cm³/mol. The van der Waals surface area contributed by atoms with E-state index in [1.807, 2.05) is 62.4 Å². The first kappa shape index (κ1) is 26.8. The van der Waals surface area contributed by atoms with Gasteiger partial charge in [-0.2, -0.15) is 0 Å². The number of nitrogens with one attached hydrogen (secondary N) is 1. The van der Waals surface area contributed by atoms with Crippen LogP contribution in [0.3, 0.4) is 0 Å². The molecule has 1 amide bonds.